The largest absolute Gasteiger partial charge is 0.492 e. The summed E-state index contributed by atoms with van der Waals surface area (Å²) in [6, 6.07) is 5.89. The molecule has 4 heteroatoms. The van der Waals surface area contributed by atoms with E-state index in [2.05, 4.69) is 11.9 Å². The number of nitrogen functional groups attached to an aromatic ring is 1. The summed E-state index contributed by atoms with van der Waals surface area (Å²) >= 11 is 0. The van der Waals surface area contributed by atoms with E-state index in [0.717, 1.165) is 37.1 Å². The number of hydrogen-bond donors (Lipinski definition) is 1. The SMILES string of the molecule is CCOc1cc(N(C)CCOCC2CC2)ccc1N. The number of nitrogens with zero attached hydrogens (tertiary/aromatic N) is 1. The molecule has 0 amide bonds. The molecule has 0 unspecified atom stereocenters. The highest BCUT2D eigenvalue weighted by atomic mass is 16.5. The third-order valence-electron chi connectivity index (χ3n) is 3.36. The third kappa shape index (κ3) is 4.31. The highest BCUT2D eigenvalue weighted by Crippen LogP contribution is 2.29. The molecule has 106 valence electrons. The Hall–Kier alpha value is -1.42. The number of ether oxygens (including phenoxy) is 2. The maximum absolute atomic E-state index is 5.87. The zero-order valence-electron chi connectivity index (χ0n) is 11.9. The summed E-state index contributed by atoms with van der Waals surface area (Å²) in [5.41, 5.74) is 7.66. The predicted octanol–water partition coefficient (Wildman–Crippen LogP) is 2.53. The maximum atomic E-state index is 5.87. The van der Waals surface area contributed by atoms with E-state index in [1.807, 2.05) is 25.1 Å². The Kier molecular flexibility index (Phi) is 4.91. The Labute approximate surface area is 115 Å². The van der Waals surface area contributed by atoms with Gasteiger partial charge in [0.25, 0.3) is 0 Å². The van der Waals surface area contributed by atoms with Gasteiger partial charge < -0.3 is 20.1 Å². The molecule has 19 heavy (non-hydrogen) atoms. The van der Waals surface area contributed by atoms with Crippen molar-refractivity contribution in [3.8, 4) is 5.75 Å². The van der Waals surface area contributed by atoms with Gasteiger partial charge in [-0.2, -0.15) is 0 Å². The van der Waals surface area contributed by atoms with E-state index in [-0.39, 0.29) is 0 Å². The zero-order valence-corrected chi connectivity index (χ0v) is 11.9. The Morgan fingerprint density at radius 1 is 1.37 bits per heavy atom. The molecule has 0 saturated heterocycles. The maximum Gasteiger partial charge on any atom is 0.144 e. The molecule has 0 spiro atoms. The summed E-state index contributed by atoms with van der Waals surface area (Å²) < 4.78 is 11.2. The molecule has 1 fully saturated rings. The first-order valence-electron chi connectivity index (χ1n) is 7.02. The number of hydrogen-bond acceptors (Lipinski definition) is 4. The van der Waals surface area contributed by atoms with Gasteiger partial charge in [-0.3, -0.25) is 0 Å². The fraction of sp³-hybridized carbons (Fsp3) is 0.600. The quantitative estimate of drug-likeness (QED) is 0.579. The van der Waals surface area contributed by atoms with Crippen LogP contribution in [0.1, 0.15) is 19.8 Å². The number of likely N-dealkylation sites (N-methyl/N-ethyl adjacent to an activating group) is 1. The monoisotopic (exact) mass is 264 g/mol. The molecule has 1 aliphatic carbocycles. The van der Waals surface area contributed by atoms with Gasteiger partial charge in [-0.15, -0.1) is 0 Å². The number of rotatable bonds is 8. The lowest BCUT2D eigenvalue weighted by Gasteiger charge is -2.20. The van der Waals surface area contributed by atoms with Crippen LogP contribution < -0.4 is 15.4 Å². The smallest absolute Gasteiger partial charge is 0.144 e. The molecule has 1 aromatic rings. The van der Waals surface area contributed by atoms with E-state index in [1.165, 1.54) is 12.8 Å². The van der Waals surface area contributed by atoms with Gasteiger partial charge in [0.1, 0.15) is 5.75 Å². The van der Waals surface area contributed by atoms with Crippen LogP contribution in [0.4, 0.5) is 11.4 Å². The predicted molar refractivity (Wildman–Crippen MR) is 78.8 cm³/mol. The number of benzene rings is 1. The van der Waals surface area contributed by atoms with Crippen molar-refractivity contribution >= 4 is 11.4 Å². The van der Waals surface area contributed by atoms with E-state index >= 15 is 0 Å². The Morgan fingerprint density at radius 2 is 2.16 bits per heavy atom. The molecule has 0 aromatic heterocycles. The van der Waals surface area contributed by atoms with Crippen molar-refractivity contribution in [1.82, 2.24) is 0 Å². The molecule has 4 nitrogen and oxygen atoms in total. The minimum absolute atomic E-state index is 0.627. The molecule has 0 aliphatic heterocycles. The molecule has 0 atom stereocenters. The lowest BCUT2D eigenvalue weighted by Crippen LogP contribution is -2.23. The minimum Gasteiger partial charge on any atom is -0.492 e. The van der Waals surface area contributed by atoms with Crippen molar-refractivity contribution in [3.05, 3.63) is 18.2 Å². The van der Waals surface area contributed by atoms with Gasteiger partial charge in [0.2, 0.25) is 0 Å². The van der Waals surface area contributed by atoms with Crippen molar-refractivity contribution in [2.24, 2.45) is 5.92 Å². The average molecular weight is 264 g/mol. The van der Waals surface area contributed by atoms with Gasteiger partial charge in [0.15, 0.2) is 0 Å². The van der Waals surface area contributed by atoms with Gasteiger partial charge in [-0.25, -0.2) is 0 Å². The first kappa shape index (κ1) is 14.0. The number of nitrogens with two attached hydrogens (primary N) is 1. The summed E-state index contributed by atoms with van der Waals surface area (Å²) in [5.74, 6) is 1.58. The van der Waals surface area contributed by atoms with Crippen molar-refractivity contribution in [1.29, 1.82) is 0 Å². The van der Waals surface area contributed by atoms with Crippen LogP contribution in [0.25, 0.3) is 0 Å². The minimum atomic E-state index is 0.627. The zero-order chi connectivity index (χ0) is 13.7. The van der Waals surface area contributed by atoms with Crippen molar-refractivity contribution in [3.63, 3.8) is 0 Å². The lowest BCUT2D eigenvalue weighted by atomic mass is 10.2. The summed E-state index contributed by atoms with van der Waals surface area (Å²) in [6.07, 6.45) is 2.68. The molecule has 0 bridgehead atoms. The van der Waals surface area contributed by atoms with Crippen molar-refractivity contribution in [2.45, 2.75) is 19.8 Å². The van der Waals surface area contributed by atoms with Gasteiger partial charge >= 0.3 is 0 Å². The second-order valence-corrected chi connectivity index (χ2v) is 5.09. The van der Waals surface area contributed by atoms with Gasteiger partial charge in [-0.05, 0) is 37.8 Å². The topological polar surface area (TPSA) is 47.7 Å². The summed E-state index contributed by atoms with van der Waals surface area (Å²) in [7, 11) is 2.06. The fourth-order valence-electron chi connectivity index (χ4n) is 1.91. The Bertz CT molecular complexity index is 405. The molecular formula is C15H24N2O2. The molecule has 0 heterocycles. The molecule has 1 aromatic carbocycles. The molecule has 1 aliphatic rings. The van der Waals surface area contributed by atoms with Crippen LogP contribution in [0.5, 0.6) is 5.75 Å². The van der Waals surface area contributed by atoms with Gasteiger partial charge in [0, 0.05) is 32.0 Å². The van der Waals surface area contributed by atoms with Gasteiger partial charge in [-0.1, -0.05) is 0 Å². The number of anilines is 2. The average Bonchev–Trinajstić information content (AvgIpc) is 3.21. The van der Waals surface area contributed by atoms with E-state index in [4.69, 9.17) is 15.2 Å². The van der Waals surface area contributed by atoms with E-state index < -0.39 is 0 Å². The van der Waals surface area contributed by atoms with Crippen LogP contribution in [0.15, 0.2) is 18.2 Å². The highest BCUT2D eigenvalue weighted by molar-refractivity contribution is 5.62. The second-order valence-electron chi connectivity index (χ2n) is 5.09. The first-order valence-corrected chi connectivity index (χ1v) is 7.02. The van der Waals surface area contributed by atoms with Crippen LogP contribution in [0, 0.1) is 5.92 Å². The normalized spacial score (nSPS) is 14.4. The van der Waals surface area contributed by atoms with Crippen LogP contribution in [0.3, 0.4) is 0 Å². The second kappa shape index (κ2) is 6.66. The molecule has 2 N–H and O–H groups in total. The molecule has 0 radical (unpaired) electrons. The van der Waals surface area contributed by atoms with Crippen molar-refractivity contribution < 1.29 is 9.47 Å². The van der Waals surface area contributed by atoms with Crippen LogP contribution >= 0.6 is 0 Å². The molecular weight excluding hydrogens is 240 g/mol. The van der Waals surface area contributed by atoms with Crippen LogP contribution in [0.2, 0.25) is 0 Å². The van der Waals surface area contributed by atoms with E-state index in [9.17, 15) is 0 Å². The highest BCUT2D eigenvalue weighted by Gasteiger charge is 2.20. The molecule has 1 saturated carbocycles. The molecule has 2 rings (SSSR count). The van der Waals surface area contributed by atoms with Crippen LogP contribution in [-0.2, 0) is 4.74 Å². The van der Waals surface area contributed by atoms with Crippen molar-refractivity contribution in [2.75, 3.05) is 44.0 Å². The Balaban J connectivity index is 1.82. The summed E-state index contributed by atoms with van der Waals surface area (Å²) in [5, 5.41) is 0. The standard InChI is InChI=1S/C15H24N2O2/c1-3-19-15-10-13(6-7-14(15)16)17(2)8-9-18-11-12-4-5-12/h6-7,10,12H,3-5,8-9,11,16H2,1-2H3. The Morgan fingerprint density at radius 3 is 2.84 bits per heavy atom. The van der Waals surface area contributed by atoms with E-state index in [1.54, 1.807) is 0 Å². The summed E-state index contributed by atoms with van der Waals surface area (Å²) in [4.78, 5) is 2.16. The third-order valence-corrected chi connectivity index (χ3v) is 3.36. The summed E-state index contributed by atoms with van der Waals surface area (Å²) in [6.45, 7) is 5.15. The lowest BCUT2D eigenvalue weighted by molar-refractivity contribution is 0.131. The fourth-order valence-corrected chi connectivity index (χ4v) is 1.91. The van der Waals surface area contributed by atoms with E-state index in [0.29, 0.717) is 12.3 Å². The van der Waals surface area contributed by atoms with Crippen LogP contribution in [-0.4, -0.2) is 33.4 Å². The first-order chi connectivity index (χ1) is 9.20. The van der Waals surface area contributed by atoms with Gasteiger partial charge in [0.05, 0.1) is 18.9 Å².